The molecule has 1 heterocycles. The van der Waals surface area contributed by atoms with Crippen molar-refractivity contribution in [3.05, 3.63) is 39.2 Å². The fourth-order valence-corrected chi connectivity index (χ4v) is 2.53. The minimum Gasteiger partial charge on any atom is -0.390 e. The van der Waals surface area contributed by atoms with Crippen LogP contribution in [0.4, 0.5) is 5.00 Å². The van der Waals surface area contributed by atoms with Gasteiger partial charge >= 0.3 is 0 Å². The molecule has 0 spiro atoms. The van der Waals surface area contributed by atoms with Gasteiger partial charge in [-0.25, -0.2) is 0 Å². The van der Waals surface area contributed by atoms with Crippen LogP contribution in [0.2, 0.25) is 10.0 Å². The van der Waals surface area contributed by atoms with E-state index in [1.807, 2.05) is 19.1 Å². The number of aryl methyl sites for hydroxylation is 1. The van der Waals surface area contributed by atoms with Crippen LogP contribution in [0.1, 0.15) is 4.88 Å². The largest absolute Gasteiger partial charge is 0.390 e. The summed E-state index contributed by atoms with van der Waals surface area (Å²) in [7, 11) is 0. The van der Waals surface area contributed by atoms with E-state index in [-0.39, 0.29) is 0 Å². The van der Waals surface area contributed by atoms with E-state index >= 15 is 0 Å². The highest BCUT2D eigenvalue weighted by Gasteiger charge is 2.07. The van der Waals surface area contributed by atoms with Crippen LogP contribution in [0.5, 0.6) is 0 Å². The number of halogens is 2. The Hall–Kier alpha value is -0.700. The Bertz CT molecular complexity index is 505. The van der Waals surface area contributed by atoms with Crippen LogP contribution >= 0.6 is 34.5 Å². The lowest BCUT2D eigenvalue weighted by molar-refractivity contribution is 1.61. The lowest BCUT2D eigenvalue weighted by atomic mass is 10.1. The first-order valence-corrected chi connectivity index (χ1v) is 5.96. The topological polar surface area (TPSA) is 26.0 Å². The minimum atomic E-state index is 0.553. The maximum atomic E-state index is 5.95. The molecule has 78 valence electrons. The van der Waals surface area contributed by atoms with Gasteiger partial charge in [-0.05, 0) is 30.7 Å². The third-order valence-electron chi connectivity index (χ3n) is 2.11. The Labute approximate surface area is 102 Å². The number of rotatable bonds is 1. The second-order valence-electron chi connectivity index (χ2n) is 3.26. The van der Waals surface area contributed by atoms with Gasteiger partial charge in [-0.2, -0.15) is 0 Å². The molecule has 1 nitrogen and oxygen atoms in total. The van der Waals surface area contributed by atoms with Gasteiger partial charge < -0.3 is 5.73 Å². The van der Waals surface area contributed by atoms with Gasteiger partial charge in [0.2, 0.25) is 0 Å². The molecule has 1 aromatic carbocycles. The third kappa shape index (κ3) is 2.12. The van der Waals surface area contributed by atoms with Crippen LogP contribution in [-0.4, -0.2) is 0 Å². The summed E-state index contributed by atoms with van der Waals surface area (Å²) < 4.78 is 0. The average molecular weight is 258 g/mol. The first-order chi connectivity index (χ1) is 7.08. The number of nitrogens with two attached hydrogens (primary N) is 1. The Morgan fingerprint density at radius 1 is 1.13 bits per heavy atom. The van der Waals surface area contributed by atoms with Crippen molar-refractivity contribution in [3.8, 4) is 11.1 Å². The van der Waals surface area contributed by atoms with E-state index in [0.29, 0.717) is 10.0 Å². The molecule has 0 aliphatic carbocycles. The van der Waals surface area contributed by atoms with Crippen LogP contribution in [0.25, 0.3) is 11.1 Å². The standard InChI is InChI=1S/C11H9Cl2NS/c1-6-4-8(11(14)15-6)7-2-3-9(12)10(13)5-7/h2-5H,14H2,1H3. The average Bonchev–Trinajstić information content (AvgIpc) is 2.50. The van der Waals surface area contributed by atoms with E-state index in [2.05, 4.69) is 6.07 Å². The highest BCUT2D eigenvalue weighted by molar-refractivity contribution is 7.16. The number of hydrogen-bond acceptors (Lipinski definition) is 2. The number of nitrogen functional groups attached to an aromatic ring is 1. The zero-order chi connectivity index (χ0) is 11.0. The molecule has 0 aliphatic rings. The highest BCUT2D eigenvalue weighted by atomic mass is 35.5. The van der Waals surface area contributed by atoms with Crippen LogP contribution in [0, 0.1) is 6.92 Å². The maximum Gasteiger partial charge on any atom is 0.0938 e. The minimum absolute atomic E-state index is 0.553. The Morgan fingerprint density at radius 2 is 1.87 bits per heavy atom. The fourth-order valence-electron chi connectivity index (χ4n) is 1.42. The van der Waals surface area contributed by atoms with Gasteiger partial charge in [0.15, 0.2) is 0 Å². The summed E-state index contributed by atoms with van der Waals surface area (Å²) in [5.41, 5.74) is 7.93. The molecular weight excluding hydrogens is 249 g/mol. The summed E-state index contributed by atoms with van der Waals surface area (Å²) >= 11 is 13.4. The molecule has 0 fully saturated rings. The van der Waals surface area contributed by atoms with E-state index in [0.717, 1.165) is 16.1 Å². The second kappa shape index (κ2) is 4.05. The quantitative estimate of drug-likeness (QED) is 0.793. The van der Waals surface area contributed by atoms with Crippen molar-refractivity contribution in [2.45, 2.75) is 6.92 Å². The molecule has 2 N–H and O–H groups in total. The molecule has 0 saturated carbocycles. The molecule has 0 saturated heterocycles. The Kier molecular flexibility index (Phi) is 2.91. The number of anilines is 1. The summed E-state index contributed by atoms with van der Waals surface area (Å²) in [4.78, 5) is 1.19. The fraction of sp³-hybridized carbons (Fsp3) is 0.0909. The predicted molar refractivity (Wildman–Crippen MR) is 68.9 cm³/mol. The van der Waals surface area contributed by atoms with Crippen LogP contribution in [-0.2, 0) is 0 Å². The lowest BCUT2D eigenvalue weighted by Gasteiger charge is -2.02. The molecule has 4 heteroatoms. The van der Waals surface area contributed by atoms with Gasteiger partial charge in [-0.1, -0.05) is 29.3 Å². The lowest BCUT2D eigenvalue weighted by Crippen LogP contribution is -1.83. The van der Waals surface area contributed by atoms with E-state index in [9.17, 15) is 0 Å². The number of thiophene rings is 1. The SMILES string of the molecule is Cc1cc(-c2ccc(Cl)c(Cl)c2)c(N)s1. The van der Waals surface area contributed by atoms with Gasteiger partial charge in [0.05, 0.1) is 15.0 Å². The van der Waals surface area contributed by atoms with Crippen molar-refractivity contribution in [1.29, 1.82) is 0 Å². The van der Waals surface area contributed by atoms with Gasteiger partial charge in [0, 0.05) is 10.4 Å². The number of benzene rings is 1. The Balaban J connectivity index is 2.54. The maximum absolute atomic E-state index is 5.95. The number of hydrogen-bond donors (Lipinski definition) is 1. The molecule has 2 aromatic rings. The van der Waals surface area contributed by atoms with Crippen LogP contribution < -0.4 is 5.73 Å². The van der Waals surface area contributed by atoms with Crippen molar-refractivity contribution < 1.29 is 0 Å². The normalized spacial score (nSPS) is 10.6. The molecule has 0 amide bonds. The van der Waals surface area contributed by atoms with Crippen LogP contribution in [0.15, 0.2) is 24.3 Å². The van der Waals surface area contributed by atoms with Crippen molar-refractivity contribution in [2.24, 2.45) is 0 Å². The van der Waals surface area contributed by atoms with Gasteiger partial charge in [-0.3, -0.25) is 0 Å². The molecule has 0 unspecified atom stereocenters. The highest BCUT2D eigenvalue weighted by Crippen LogP contribution is 2.36. The molecule has 0 atom stereocenters. The monoisotopic (exact) mass is 257 g/mol. The van der Waals surface area contributed by atoms with Crippen molar-refractivity contribution in [2.75, 3.05) is 5.73 Å². The summed E-state index contributed by atoms with van der Waals surface area (Å²) in [5, 5.41) is 1.93. The zero-order valence-corrected chi connectivity index (χ0v) is 10.4. The van der Waals surface area contributed by atoms with E-state index in [1.54, 1.807) is 17.4 Å². The third-order valence-corrected chi connectivity index (χ3v) is 3.73. The molecule has 15 heavy (non-hydrogen) atoms. The summed E-state index contributed by atoms with van der Waals surface area (Å²) in [6.45, 7) is 2.03. The molecular formula is C11H9Cl2NS. The first kappa shape index (κ1) is 10.8. The van der Waals surface area contributed by atoms with E-state index in [4.69, 9.17) is 28.9 Å². The van der Waals surface area contributed by atoms with Crippen molar-refractivity contribution in [1.82, 2.24) is 0 Å². The van der Waals surface area contributed by atoms with Gasteiger partial charge in [0.1, 0.15) is 0 Å². The molecule has 0 bridgehead atoms. The van der Waals surface area contributed by atoms with E-state index < -0.39 is 0 Å². The molecule has 0 radical (unpaired) electrons. The zero-order valence-electron chi connectivity index (χ0n) is 8.05. The van der Waals surface area contributed by atoms with Crippen LogP contribution in [0.3, 0.4) is 0 Å². The molecule has 2 rings (SSSR count). The summed E-state index contributed by atoms with van der Waals surface area (Å²) in [6, 6.07) is 7.60. The Morgan fingerprint density at radius 3 is 2.40 bits per heavy atom. The summed E-state index contributed by atoms with van der Waals surface area (Å²) in [6.07, 6.45) is 0. The van der Waals surface area contributed by atoms with Gasteiger partial charge in [-0.15, -0.1) is 11.3 Å². The predicted octanol–water partition coefficient (Wildman–Crippen LogP) is 4.61. The first-order valence-electron chi connectivity index (χ1n) is 4.39. The van der Waals surface area contributed by atoms with Gasteiger partial charge in [0.25, 0.3) is 0 Å². The molecule has 0 aliphatic heterocycles. The van der Waals surface area contributed by atoms with Crippen molar-refractivity contribution >= 4 is 39.5 Å². The second-order valence-corrected chi connectivity index (χ2v) is 5.37. The van der Waals surface area contributed by atoms with E-state index in [1.165, 1.54) is 4.88 Å². The van der Waals surface area contributed by atoms with Crippen molar-refractivity contribution in [3.63, 3.8) is 0 Å². The molecule has 1 aromatic heterocycles. The smallest absolute Gasteiger partial charge is 0.0938 e. The summed E-state index contributed by atoms with van der Waals surface area (Å²) in [5.74, 6) is 0.